The molecule has 1 N–H and O–H groups in total. The molecule has 0 saturated carbocycles. The summed E-state index contributed by atoms with van der Waals surface area (Å²) in [5.74, 6) is -1.14. The Bertz CT molecular complexity index is 880. The molecule has 0 aromatic heterocycles. The number of carboxylic acid groups (broad SMARTS) is 1. The fourth-order valence-corrected chi connectivity index (χ4v) is 3.67. The van der Waals surface area contributed by atoms with E-state index < -0.39 is 11.9 Å². The molecular weight excluding hydrogens is 370 g/mol. The van der Waals surface area contributed by atoms with Crippen molar-refractivity contribution in [2.75, 3.05) is 19.7 Å². The molecule has 1 fully saturated rings. The second kappa shape index (κ2) is 9.37. The van der Waals surface area contributed by atoms with E-state index >= 15 is 0 Å². The van der Waals surface area contributed by atoms with Gasteiger partial charge in [0.1, 0.15) is 5.75 Å². The molecule has 2 aromatic rings. The van der Waals surface area contributed by atoms with Crippen LogP contribution in [0.25, 0.3) is 0 Å². The number of ketones is 1. The topological polar surface area (TPSA) is 83.9 Å². The second-order valence-electron chi connectivity index (χ2n) is 7.30. The van der Waals surface area contributed by atoms with Gasteiger partial charge in [-0.3, -0.25) is 14.4 Å². The third kappa shape index (κ3) is 5.22. The van der Waals surface area contributed by atoms with Gasteiger partial charge in [0, 0.05) is 31.0 Å². The van der Waals surface area contributed by atoms with Crippen molar-refractivity contribution in [2.24, 2.45) is 5.92 Å². The van der Waals surface area contributed by atoms with Gasteiger partial charge in [-0.1, -0.05) is 42.5 Å². The summed E-state index contributed by atoms with van der Waals surface area (Å²) in [6.07, 6.45) is 0.813. The smallest absolute Gasteiger partial charge is 0.308 e. The van der Waals surface area contributed by atoms with Crippen molar-refractivity contribution in [3.8, 4) is 5.75 Å². The summed E-state index contributed by atoms with van der Waals surface area (Å²) >= 11 is 0. The van der Waals surface area contributed by atoms with Gasteiger partial charge in [-0.15, -0.1) is 0 Å². The minimum atomic E-state index is -0.872. The Hall–Kier alpha value is -3.15. The highest BCUT2D eigenvalue weighted by molar-refractivity contribution is 5.94. The Kier molecular flexibility index (Phi) is 6.65. The van der Waals surface area contributed by atoms with E-state index in [9.17, 15) is 19.5 Å². The number of nitrogens with zero attached hydrogens (tertiary/aromatic N) is 1. The molecule has 2 aromatic carbocycles. The summed E-state index contributed by atoms with van der Waals surface area (Å²) in [5.41, 5.74) is 1.53. The van der Waals surface area contributed by atoms with Gasteiger partial charge in [0.05, 0.1) is 12.5 Å². The van der Waals surface area contributed by atoms with Crippen LogP contribution in [0.5, 0.6) is 5.75 Å². The standard InChI is InChI=1S/C23H25NO5/c1-16(25)18-9-5-10-19(13-18)29-12-6-11-22(26)24-14-20(21(15-24)23(27)28)17-7-3-2-4-8-17/h2-5,7-10,13,20-21H,6,11-12,14-15H2,1H3,(H,27,28). The van der Waals surface area contributed by atoms with Crippen molar-refractivity contribution >= 4 is 17.7 Å². The van der Waals surface area contributed by atoms with Gasteiger partial charge in [0.15, 0.2) is 5.78 Å². The van der Waals surface area contributed by atoms with Crippen LogP contribution < -0.4 is 4.74 Å². The second-order valence-corrected chi connectivity index (χ2v) is 7.30. The molecule has 3 rings (SSSR count). The number of rotatable bonds is 8. The highest BCUT2D eigenvalue weighted by Gasteiger charge is 2.40. The number of likely N-dealkylation sites (tertiary alicyclic amines) is 1. The van der Waals surface area contributed by atoms with Crippen LogP contribution in [-0.4, -0.2) is 47.4 Å². The van der Waals surface area contributed by atoms with Crippen LogP contribution in [0.15, 0.2) is 54.6 Å². The Morgan fingerprint density at radius 2 is 1.83 bits per heavy atom. The lowest BCUT2D eigenvalue weighted by atomic mass is 9.89. The summed E-state index contributed by atoms with van der Waals surface area (Å²) in [5, 5.41) is 9.56. The van der Waals surface area contributed by atoms with Gasteiger partial charge in [-0.2, -0.15) is 0 Å². The minimum Gasteiger partial charge on any atom is -0.494 e. The Balaban J connectivity index is 1.51. The first kappa shape index (κ1) is 20.6. The molecule has 1 amide bonds. The lowest BCUT2D eigenvalue weighted by molar-refractivity contribution is -0.141. The predicted octanol–water partition coefficient (Wildman–Crippen LogP) is 3.38. The molecule has 6 nitrogen and oxygen atoms in total. The minimum absolute atomic E-state index is 0.0272. The van der Waals surface area contributed by atoms with Crippen molar-refractivity contribution in [3.05, 3.63) is 65.7 Å². The third-order valence-electron chi connectivity index (χ3n) is 5.26. The summed E-state index contributed by atoms with van der Waals surface area (Å²) in [6, 6.07) is 16.4. The summed E-state index contributed by atoms with van der Waals surface area (Å²) in [6.45, 7) is 2.50. The molecule has 2 atom stereocenters. The van der Waals surface area contributed by atoms with Gasteiger partial charge in [0.2, 0.25) is 5.91 Å². The number of Topliss-reactive ketones (excluding diaryl/α,β-unsaturated/α-hetero) is 1. The molecule has 0 aliphatic carbocycles. The van der Waals surface area contributed by atoms with Gasteiger partial charge in [-0.25, -0.2) is 0 Å². The number of hydrogen-bond donors (Lipinski definition) is 1. The zero-order valence-electron chi connectivity index (χ0n) is 16.4. The van der Waals surface area contributed by atoms with Crippen LogP contribution >= 0.6 is 0 Å². The number of hydrogen-bond acceptors (Lipinski definition) is 4. The summed E-state index contributed by atoms with van der Waals surface area (Å²) < 4.78 is 5.64. The number of carboxylic acids is 1. The normalized spacial score (nSPS) is 18.4. The van der Waals surface area contributed by atoms with Gasteiger partial charge < -0.3 is 14.7 Å². The maximum Gasteiger partial charge on any atom is 0.308 e. The summed E-state index contributed by atoms with van der Waals surface area (Å²) in [7, 11) is 0. The first-order chi connectivity index (χ1) is 14.0. The number of amides is 1. The molecule has 0 bridgehead atoms. The van der Waals surface area contributed by atoms with E-state index in [4.69, 9.17) is 4.74 Å². The van der Waals surface area contributed by atoms with E-state index in [1.54, 1.807) is 29.2 Å². The van der Waals surface area contributed by atoms with Gasteiger partial charge >= 0.3 is 5.97 Å². The van der Waals surface area contributed by atoms with E-state index in [1.807, 2.05) is 30.3 Å². The number of aliphatic carboxylic acids is 1. The predicted molar refractivity (Wildman–Crippen MR) is 108 cm³/mol. The maximum atomic E-state index is 12.6. The average Bonchev–Trinajstić information content (AvgIpc) is 3.18. The molecule has 2 unspecified atom stereocenters. The molecule has 152 valence electrons. The van der Waals surface area contributed by atoms with Crippen LogP contribution in [0.2, 0.25) is 0 Å². The molecule has 29 heavy (non-hydrogen) atoms. The third-order valence-corrected chi connectivity index (χ3v) is 5.26. The van der Waals surface area contributed by atoms with Crippen LogP contribution in [0, 0.1) is 5.92 Å². The van der Waals surface area contributed by atoms with Crippen LogP contribution in [0.3, 0.4) is 0 Å². The van der Waals surface area contributed by atoms with Crippen LogP contribution in [0.4, 0.5) is 0 Å². The van der Waals surface area contributed by atoms with E-state index in [0.29, 0.717) is 37.3 Å². The molecule has 6 heteroatoms. The van der Waals surface area contributed by atoms with Crippen molar-refractivity contribution in [2.45, 2.75) is 25.7 Å². The quantitative estimate of drug-likeness (QED) is 0.547. The van der Waals surface area contributed by atoms with E-state index in [-0.39, 0.29) is 24.2 Å². The number of carbonyl (C=O) groups is 3. The number of ether oxygens (including phenoxy) is 1. The first-order valence-corrected chi connectivity index (χ1v) is 9.75. The first-order valence-electron chi connectivity index (χ1n) is 9.75. The molecule has 1 aliphatic heterocycles. The Morgan fingerprint density at radius 1 is 1.07 bits per heavy atom. The number of benzene rings is 2. The number of carbonyl (C=O) groups excluding carboxylic acids is 2. The van der Waals surface area contributed by atoms with Crippen LogP contribution in [0.1, 0.15) is 41.6 Å². The van der Waals surface area contributed by atoms with Crippen LogP contribution in [-0.2, 0) is 9.59 Å². The fraction of sp³-hybridized carbons (Fsp3) is 0.348. The van der Waals surface area contributed by atoms with Crippen molar-refractivity contribution < 1.29 is 24.2 Å². The lowest BCUT2D eigenvalue weighted by Crippen LogP contribution is -2.30. The molecule has 1 aliphatic rings. The lowest BCUT2D eigenvalue weighted by Gasteiger charge is -2.16. The van der Waals surface area contributed by atoms with E-state index in [1.165, 1.54) is 6.92 Å². The molecule has 1 heterocycles. The maximum absolute atomic E-state index is 12.6. The highest BCUT2D eigenvalue weighted by Crippen LogP contribution is 2.33. The van der Waals surface area contributed by atoms with Crippen molar-refractivity contribution in [1.82, 2.24) is 4.90 Å². The largest absolute Gasteiger partial charge is 0.494 e. The molecular formula is C23H25NO5. The zero-order valence-corrected chi connectivity index (χ0v) is 16.4. The fourth-order valence-electron chi connectivity index (χ4n) is 3.67. The van der Waals surface area contributed by atoms with Gasteiger partial charge in [0.25, 0.3) is 0 Å². The van der Waals surface area contributed by atoms with E-state index in [0.717, 1.165) is 5.56 Å². The van der Waals surface area contributed by atoms with E-state index in [2.05, 4.69) is 0 Å². The van der Waals surface area contributed by atoms with Crippen molar-refractivity contribution in [3.63, 3.8) is 0 Å². The summed E-state index contributed by atoms with van der Waals surface area (Å²) in [4.78, 5) is 37.3. The van der Waals surface area contributed by atoms with Crippen molar-refractivity contribution in [1.29, 1.82) is 0 Å². The molecule has 0 spiro atoms. The zero-order chi connectivity index (χ0) is 20.8. The molecule has 0 radical (unpaired) electrons. The molecule has 1 saturated heterocycles. The Labute approximate surface area is 170 Å². The highest BCUT2D eigenvalue weighted by atomic mass is 16.5. The average molecular weight is 395 g/mol. The Morgan fingerprint density at radius 3 is 2.52 bits per heavy atom. The van der Waals surface area contributed by atoms with Gasteiger partial charge in [-0.05, 0) is 31.0 Å². The monoisotopic (exact) mass is 395 g/mol. The SMILES string of the molecule is CC(=O)c1cccc(OCCCC(=O)N2CC(C(=O)O)C(c3ccccc3)C2)c1.